The Hall–Kier alpha value is -1.65. The van der Waals surface area contributed by atoms with Crippen molar-refractivity contribution in [2.24, 2.45) is 17.6 Å². The van der Waals surface area contributed by atoms with Gasteiger partial charge in [0.25, 0.3) is 0 Å². The average Bonchev–Trinajstić information content (AvgIpc) is 3.15. The van der Waals surface area contributed by atoms with Crippen molar-refractivity contribution in [1.29, 1.82) is 0 Å². The number of nitrogens with two attached hydrogens (primary N) is 1. The van der Waals surface area contributed by atoms with Crippen molar-refractivity contribution >= 4 is 16.0 Å². The highest BCUT2D eigenvalue weighted by atomic mass is 32.2. The van der Waals surface area contributed by atoms with E-state index in [1.807, 2.05) is 0 Å². The van der Waals surface area contributed by atoms with Crippen LogP contribution < -0.4 is 5.73 Å². The molecule has 26 heavy (non-hydrogen) atoms. The zero-order valence-electron chi connectivity index (χ0n) is 14.0. The van der Waals surface area contributed by atoms with E-state index in [0.717, 1.165) is 32.1 Å². The summed E-state index contributed by atoms with van der Waals surface area (Å²) in [7, 11) is -3.15. The second-order valence-corrected chi connectivity index (χ2v) is 8.62. The zero-order chi connectivity index (χ0) is 19.3. The number of carbonyl (C=O) groups excluding carboxylic acids is 1. The first-order valence-electron chi connectivity index (χ1n) is 8.11. The number of methoxy groups -OCH3 is 1. The molecule has 1 aromatic carbocycles. The van der Waals surface area contributed by atoms with Crippen LogP contribution in [0.25, 0.3) is 0 Å². The third-order valence-corrected chi connectivity index (χ3v) is 7.05. The molecule has 0 bridgehead atoms. The highest BCUT2D eigenvalue weighted by Gasteiger charge is 2.45. The van der Waals surface area contributed by atoms with Crippen LogP contribution in [0, 0.1) is 11.8 Å². The van der Waals surface area contributed by atoms with Crippen LogP contribution in [-0.2, 0) is 20.9 Å². The monoisotopic (exact) mass is 392 g/mol. The SMILES string of the molecule is COC(=O)c1ccc(S(=O)(=O)N2CC3CCC(N)C3C2)cc1C(F)(F)F. The standard InChI is InChI=1S/C16H19F3N2O4S/c1-25-15(22)11-4-3-10(6-13(11)16(17,18)19)26(23,24)21-7-9-2-5-14(20)12(9)8-21/h3-4,6,9,12,14H,2,5,7-8,20H2,1H3. The van der Waals surface area contributed by atoms with Gasteiger partial charge in [-0.25, -0.2) is 13.2 Å². The Balaban J connectivity index is 1.97. The molecular formula is C16H19F3N2O4S. The number of nitrogens with zero attached hydrogens (tertiary/aromatic N) is 1. The lowest BCUT2D eigenvalue weighted by molar-refractivity contribution is -0.138. The number of halogens is 3. The predicted molar refractivity (Wildman–Crippen MR) is 85.7 cm³/mol. The first-order chi connectivity index (χ1) is 12.1. The molecular weight excluding hydrogens is 373 g/mol. The summed E-state index contributed by atoms with van der Waals surface area (Å²) >= 11 is 0. The van der Waals surface area contributed by atoms with Crippen LogP contribution >= 0.6 is 0 Å². The number of ether oxygens (including phenoxy) is 1. The fraction of sp³-hybridized carbons (Fsp3) is 0.562. The van der Waals surface area contributed by atoms with Gasteiger partial charge < -0.3 is 10.5 Å². The van der Waals surface area contributed by atoms with E-state index >= 15 is 0 Å². The molecule has 3 rings (SSSR count). The fourth-order valence-electron chi connectivity index (χ4n) is 3.82. The van der Waals surface area contributed by atoms with Gasteiger partial charge in [-0.1, -0.05) is 0 Å². The summed E-state index contributed by atoms with van der Waals surface area (Å²) < 4.78 is 71.0. The topological polar surface area (TPSA) is 89.7 Å². The summed E-state index contributed by atoms with van der Waals surface area (Å²) in [5.41, 5.74) is 3.94. The lowest BCUT2D eigenvalue weighted by Crippen LogP contribution is -2.33. The van der Waals surface area contributed by atoms with Crippen molar-refractivity contribution in [2.45, 2.75) is 30.0 Å². The quantitative estimate of drug-likeness (QED) is 0.793. The molecule has 0 radical (unpaired) electrons. The molecule has 3 atom stereocenters. The van der Waals surface area contributed by atoms with E-state index in [-0.39, 0.29) is 31.0 Å². The molecule has 0 spiro atoms. The van der Waals surface area contributed by atoms with E-state index in [9.17, 15) is 26.4 Å². The van der Waals surface area contributed by atoms with Crippen LogP contribution in [0.15, 0.2) is 23.1 Å². The summed E-state index contributed by atoms with van der Waals surface area (Å²) in [4.78, 5) is 11.1. The van der Waals surface area contributed by atoms with Crippen molar-refractivity contribution in [3.05, 3.63) is 29.3 Å². The van der Waals surface area contributed by atoms with Crippen molar-refractivity contribution in [2.75, 3.05) is 20.2 Å². The number of fused-ring (bicyclic) bond motifs is 1. The van der Waals surface area contributed by atoms with E-state index in [1.54, 1.807) is 0 Å². The summed E-state index contributed by atoms with van der Waals surface area (Å²) in [6.07, 6.45) is -3.25. The second-order valence-electron chi connectivity index (χ2n) is 6.68. The molecule has 2 fully saturated rings. The molecule has 1 saturated heterocycles. The third-order valence-electron chi connectivity index (χ3n) is 5.22. The number of benzene rings is 1. The van der Waals surface area contributed by atoms with E-state index in [4.69, 9.17) is 5.73 Å². The molecule has 1 aromatic rings. The summed E-state index contributed by atoms with van der Waals surface area (Å²) in [6.45, 7) is 0.453. The first kappa shape index (κ1) is 19.1. The van der Waals surface area contributed by atoms with Crippen molar-refractivity contribution < 1.29 is 31.1 Å². The number of hydrogen-bond acceptors (Lipinski definition) is 5. The lowest BCUT2D eigenvalue weighted by Gasteiger charge is -2.20. The van der Waals surface area contributed by atoms with Crippen LogP contribution in [0.2, 0.25) is 0 Å². The van der Waals surface area contributed by atoms with Gasteiger partial charge in [0.2, 0.25) is 10.0 Å². The van der Waals surface area contributed by atoms with E-state index in [0.29, 0.717) is 6.07 Å². The number of carbonyl (C=O) groups is 1. The van der Waals surface area contributed by atoms with E-state index in [2.05, 4.69) is 4.74 Å². The number of alkyl halides is 3. The molecule has 1 aliphatic heterocycles. The van der Waals surface area contributed by atoms with Gasteiger partial charge in [-0.05, 0) is 42.9 Å². The molecule has 1 saturated carbocycles. The van der Waals surface area contributed by atoms with Gasteiger partial charge in [0.15, 0.2) is 0 Å². The van der Waals surface area contributed by atoms with Crippen LogP contribution in [0.3, 0.4) is 0 Å². The molecule has 1 aliphatic carbocycles. The third kappa shape index (κ3) is 3.21. The van der Waals surface area contributed by atoms with E-state index < -0.39 is 38.2 Å². The van der Waals surface area contributed by atoms with Gasteiger partial charge in [-0.3, -0.25) is 0 Å². The molecule has 144 valence electrons. The Morgan fingerprint density at radius 2 is 1.96 bits per heavy atom. The number of hydrogen-bond donors (Lipinski definition) is 1. The molecule has 2 aliphatic rings. The number of sulfonamides is 1. The normalized spacial score (nSPS) is 26.7. The Labute approximate surface area is 149 Å². The van der Waals surface area contributed by atoms with Crippen LogP contribution in [-0.4, -0.2) is 44.9 Å². The molecule has 6 nitrogen and oxygen atoms in total. The highest BCUT2D eigenvalue weighted by Crippen LogP contribution is 2.40. The largest absolute Gasteiger partial charge is 0.465 e. The van der Waals surface area contributed by atoms with Gasteiger partial charge in [-0.15, -0.1) is 0 Å². The fourth-order valence-corrected chi connectivity index (χ4v) is 5.38. The zero-order valence-corrected chi connectivity index (χ0v) is 14.8. The highest BCUT2D eigenvalue weighted by molar-refractivity contribution is 7.89. The van der Waals surface area contributed by atoms with Crippen molar-refractivity contribution in [3.8, 4) is 0 Å². The summed E-state index contributed by atoms with van der Waals surface area (Å²) in [6, 6.07) is 2.25. The number of rotatable bonds is 3. The minimum atomic E-state index is -4.89. The maximum atomic E-state index is 13.3. The second kappa shape index (κ2) is 6.50. The van der Waals surface area contributed by atoms with Crippen LogP contribution in [0.5, 0.6) is 0 Å². The van der Waals surface area contributed by atoms with Crippen LogP contribution in [0.4, 0.5) is 13.2 Å². The van der Waals surface area contributed by atoms with Crippen molar-refractivity contribution in [1.82, 2.24) is 4.31 Å². The molecule has 1 heterocycles. The van der Waals surface area contributed by atoms with Crippen molar-refractivity contribution in [3.63, 3.8) is 0 Å². The maximum absolute atomic E-state index is 13.3. The molecule has 0 amide bonds. The molecule has 2 N–H and O–H groups in total. The Bertz CT molecular complexity index is 825. The smallest absolute Gasteiger partial charge is 0.417 e. The van der Waals surface area contributed by atoms with Crippen LogP contribution in [0.1, 0.15) is 28.8 Å². The number of esters is 1. The van der Waals surface area contributed by atoms with Gasteiger partial charge in [0.05, 0.1) is 23.1 Å². The minimum Gasteiger partial charge on any atom is -0.465 e. The Kier molecular flexibility index (Phi) is 4.78. The Morgan fingerprint density at radius 1 is 1.27 bits per heavy atom. The van der Waals surface area contributed by atoms with E-state index in [1.165, 1.54) is 4.31 Å². The Morgan fingerprint density at radius 3 is 2.54 bits per heavy atom. The van der Waals surface area contributed by atoms with Gasteiger partial charge >= 0.3 is 12.1 Å². The lowest BCUT2D eigenvalue weighted by atomic mass is 9.98. The predicted octanol–water partition coefficient (Wildman–Crippen LogP) is 1.85. The van der Waals surface area contributed by atoms with Gasteiger partial charge in [0.1, 0.15) is 0 Å². The first-order valence-corrected chi connectivity index (χ1v) is 9.55. The molecule has 10 heteroatoms. The molecule has 3 unspecified atom stereocenters. The average molecular weight is 392 g/mol. The summed E-state index contributed by atoms with van der Waals surface area (Å²) in [5, 5.41) is 0. The minimum absolute atomic E-state index is 0.0289. The maximum Gasteiger partial charge on any atom is 0.417 e. The van der Waals surface area contributed by atoms with Gasteiger partial charge in [-0.2, -0.15) is 17.5 Å². The van der Waals surface area contributed by atoms with Gasteiger partial charge in [0, 0.05) is 19.1 Å². The molecule has 0 aromatic heterocycles. The summed E-state index contributed by atoms with van der Waals surface area (Å²) in [5.74, 6) is -1.01.